The number of nitrogens with zero attached hydrogens (tertiary/aromatic N) is 2. The Morgan fingerprint density at radius 3 is 2.50 bits per heavy atom. The summed E-state index contributed by atoms with van der Waals surface area (Å²) in [5, 5.41) is 1.11. The van der Waals surface area contributed by atoms with E-state index < -0.39 is 0 Å². The van der Waals surface area contributed by atoms with Crippen molar-refractivity contribution < 1.29 is 9.53 Å². The minimum absolute atomic E-state index is 0.360. The van der Waals surface area contributed by atoms with E-state index in [-0.39, 0.29) is 5.97 Å². The topological polar surface area (TPSA) is 70.1 Å². The molecule has 2 N–H and O–H groups in total. The summed E-state index contributed by atoms with van der Waals surface area (Å²) in [5.74, 6) is 0.509. The van der Waals surface area contributed by atoms with Gasteiger partial charge in [0.1, 0.15) is 5.82 Å². The Morgan fingerprint density at radius 1 is 1.03 bits per heavy atom. The van der Waals surface area contributed by atoms with Crippen molar-refractivity contribution in [2.75, 3.05) is 12.8 Å². The Morgan fingerprint density at radius 2 is 1.81 bits per heavy atom. The first-order valence-corrected chi connectivity index (χ1v) is 10.7. The number of hydrogen-bond acceptors (Lipinski definition) is 4. The van der Waals surface area contributed by atoms with Crippen LogP contribution >= 0.6 is 23.2 Å². The number of methoxy groups -OCH3 is 1. The number of rotatable bonds is 6. The van der Waals surface area contributed by atoms with Crippen molar-refractivity contribution in [3.63, 3.8) is 0 Å². The molecule has 3 aromatic carbocycles. The fraction of sp³-hybridized carbons (Fsp3) is 0.120. The molecule has 5 nitrogen and oxygen atoms in total. The van der Waals surface area contributed by atoms with E-state index in [4.69, 9.17) is 38.7 Å². The molecular weight excluding hydrogens is 445 g/mol. The molecule has 1 aromatic heterocycles. The molecule has 162 valence electrons. The van der Waals surface area contributed by atoms with Gasteiger partial charge in [0.05, 0.1) is 23.4 Å². The van der Waals surface area contributed by atoms with Gasteiger partial charge < -0.3 is 15.0 Å². The third kappa shape index (κ3) is 4.96. The number of halogens is 2. The number of imidazole rings is 1. The zero-order valence-electron chi connectivity index (χ0n) is 17.4. The third-order valence-corrected chi connectivity index (χ3v) is 5.66. The zero-order chi connectivity index (χ0) is 22.7. The fourth-order valence-electron chi connectivity index (χ4n) is 3.51. The molecule has 0 aliphatic heterocycles. The molecule has 0 radical (unpaired) electrons. The number of benzene rings is 3. The highest BCUT2D eigenvalue weighted by Gasteiger charge is 2.14. The largest absolute Gasteiger partial charge is 0.465 e. The van der Waals surface area contributed by atoms with E-state index in [1.165, 1.54) is 7.11 Å². The van der Waals surface area contributed by atoms with Gasteiger partial charge in [0.25, 0.3) is 0 Å². The van der Waals surface area contributed by atoms with Gasteiger partial charge in [0.15, 0.2) is 0 Å². The Hall–Kier alpha value is -3.28. The van der Waals surface area contributed by atoms with Crippen LogP contribution in [0.15, 0.2) is 72.9 Å². The van der Waals surface area contributed by atoms with E-state index in [0.717, 1.165) is 28.2 Å². The maximum atomic E-state index is 11.7. The van der Waals surface area contributed by atoms with Crippen molar-refractivity contribution in [3.05, 3.63) is 105 Å². The molecule has 0 atom stereocenters. The van der Waals surface area contributed by atoms with Gasteiger partial charge in [0, 0.05) is 35.4 Å². The molecule has 0 spiro atoms. The quantitative estimate of drug-likeness (QED) is 0.285. The summed E-state index contributed by atoms with van der Waals surface area (Å²) in [4.78, 5) is 16.6. The molecule has 0 aliphatic rings. The Labute approximate surface area is 196 Å². The van der Waals surface area contributed by atoms with Crippen LogP contribution in [0, 0.1) is 0 Å². The first-order valence-electron chi connectivity index (χ1n) is 9.96. The number of nitrogen functional groups attached to an aromatic ring is 1. The molecule has 1 heterocycles. The van der Waals surface area contributed by atoms with Crippen LogP contribution in [-0.2, 0) is 17.7 Å². The average molecular weight is 466 g/mol. The average Bonchev–Trinajstić information content (AvgIpc) is 3.15. The fourth-order valence-corrected chi connectivity index (χ4v) is 4.01. The second-order valence-corrected chi connectivity index (χ2v) is 8.25. The normalized spacial score (nSPS) is 10.8. The summed E-state index contributed by atoms with van der Waals surface area (Å²) in [5.41, 5.74) is 10.8. The van der Waals surface area contributed by atoms with E-state index in [1.54, 1.807) is 24.3 Å². The van der Waals surface area contributed by atoms with Crippen LogP contribution in [0.2, 0.25) is 10.0 Å². The monoisotopic (exact) mass is 465 g/mol. The molecule has 32 heavy (non-hydrogen) atoms. The molecule has 7 heteroatoms. The van der Waals surface area contributed by atoms with Gasteiger partial charge in [-0.15, -0.1) is 0 Å². The second kappa shape index (κ2) is 9.47. The molecule has 0 fully saturated rings. The molecule has 0 saturated heterocycles. The standard InChI is InChI=1S/C25H21Cl2N3O2/c1-32-25(31)18-7-5-16(6-8-18)14-30-15-23(21-10-9-19(26)13-22(21)27)29-24(30)12-17-3-2-4-20(28)11-17/h2-11,13,15H,12,14,28H2,1H3. The lowest BCUT2D eigenvalue weighted by Gasteiger charge is -2.09. The van der Waals surface area contributed by atoms with Gasteiger partial charge in [-0.25, -0.2) is 9.78 Å². The number of ether oxygens (including phenoxy) is 1. The minimum atomic E-state index is -0.360. The Bertz CT molecular complexity index is 1270. The summed E-state index contributed by atoms with van der Waals surface area (Å²) < 4.78 is 6.86. The summed E-state index contributed by atoms with van der Waals surface area (Å²) in [7, 11) is 1.37. The van der Waals surface area contributed by atoms with Crippen LogP contribution in [0.25, 0.3) is 11.3 Å². The zero-order valence-corrected chi connectivity index (χ0v) is 18.9. The Kier molecular flexibility index (Phi) is 6.49. The number of aromatic nitrogens is 2. The highest BCUT2D eigenvalue weighted by atomic mass is 35.5. The van der Waals surface area contributed by atoms with Gasteiger partial charge in [0.2, 0.25) is 0 Å². The third-order valence-electron chi connectivity index (χ3n) is 5.11. The van der Waals surface area contributed by atoms with E-state index in [9.17, 15) is 4.79 Å². The number of carbonyl (C=O) groups excluding carboxylic acids is 1. The highest BCUT2D eigenvalue weighted by molar-refractivity contribution is 6.36. The summed E-state index contributed by atoms with van der Waals surface area (Å²) in [6.07, 6.45) is 2.58. The Balaban J connectivity index is 1.70. The predicted octanol–water partition coefficient (Wildman–Crippen LogP) is 5.86. The molecule has 0 bridgehead atoms. The van der Waals surface area contributed by atoms with Crippen molar-refractivity contribution in [2.45, 2.75) is 13.0 Å². The minimum Gasteiger partial charge on any atom is -0.465 e. The maximum Gasteiger partial charge on any atom is 0.337 e. The van der Waals surface area contributed by atoms with Gasteiger partial charge in [-0.05, 0) is 53.6 Å². The van der Waals surface area contributed by atoms with Crippen molar-refractivity contribution in [3.8, 4) is 11.3 Å². The lowest BCUT2D eigenvalue weighted by molar-refractivity contribution is 0.0600. The van der Waals surface area contributed by atoms with Crippen LogP contribution < -0.4 is 5.73 Å². The molecule has 0 unspecified atom stereocenters. The van der Waals surface area contributed by atoms with Gasteiger partial charge in [-0.2, -0.15) is 0 Å². The van der Waals surface area contributed by atoms with Gasteiger partial charge >= 0.3 is 5.97 Å². The summed E-state index contributed by atoms with van der Waals surface area (Å²) >= 11 is 12.5. The molecular formula is C25H21Cl2N3O2. The number of carbonyl (C=O) groups is 1. The van der Waals surface area contributed by atoms with E-state index >= 15 is 0 Å². The maximum absolute atomic E-state index is 11.7. The first-order chi connectivity index (χ1) is 15.4. The number of hydrogen-bond donors (Lipinski definition) is 1. The van der Waals surface area contributed by atoms with Crippen LogP contribution in [0.4, 0.5) is 5.69 Å². The number of nitrogens with two attached hydrogens (primary N) is 1. The number of anilines is 1. The van der Waals surface area contributed by atoms with E-state index in [1.807, 2.05) is 48.7 Å². The van der Waals surface area contributed by atoms with E-state index in [2.05, 4.69) is 4.57 Å². The SMILES string of the molecule is COC(=O)c1ccc(Cn2cc(-c3ccc(Cl)cc3Cl)nc2Cc2cccc(N)c2)cc1. The first kappa shape index (κ1) is 21.9. The highest BCUT2D eigenvalue weighted by Crippen LogP contribution is 2.30. The van der Waals surface area contributed by atoms with Gasteiger partial charge in [-0.3, -0.25) is 0 Å². The van der Waals surface area contributed by atoms with Crippen LogP contribution in [0.3, 0.4) is 0 Å². The summed E-state index contributed by atoms with van der Waals surface area (Å²) in [6.45, 7) is 0.581. The molecule has 0 saturated carbocycles. The van der Waals surface area contributed by atoms with Crippen LogP contribution in [0.5, 0.6) is 0 Å². The van der Waals surface area contributed by atoms with Gasteiger partial charge in [-0.1, -0.05) is 47.5 Å². The smallest absolute Gasteiger partial charge is 0.337 e. The summed E-state index contributed by atoms with van der Waals surface area (Å²) in [6, 6.07) is 20.5. The van der Waals surface area contributed by atoms with Crippen molar-refractivity contribution >= 4 is 34.9 Å². The second-order valence-electron chi connectivity index (χ2n) is 7.40. The predicted molar refractivity (Wildman–Crippen MR) is 128 cm³/mol. The van der Waals surface area contributed by atoms with Crippen LogP contribution in [-0.4, -0.2) is 22.6 Å². The van der Waals surface area contributed by atoms with Crippen molar-refractivity contribution in [2.24, 2.45) is 0 Å². The lowest BCUT2D eigenvalue weighted by Crippen LogP contribution is -2.06. The van der Waals surface area contributed by atoms with Crippen LogP contribution in [0.1, 0.15) is 27.3 Å². The van der Waals surface area contributed by atoms with E-state index in [0.29, 0.717) is 34.3 Å². The molecule has 4 rings (SSSR count). The molecule has 0 amide bonds. The molecule has 4 aromatic rings. The van der Waals surface area contributed by atoms with Crippen molar-refractivity contribution in [1.82, 2.24) is 9.55 Å². The van der Waals surface area contributed by atoms with Crippen molar-refractivity contribution in [1.29, 1.82) is 0 Å². The molecule has 0 aliphatic carbocycles. The number of esters is 1. The lowest BCUT2D eigenvalue weighted by atomic mass is 10.1.